The van der Waals surface area contributed by atoms with Crippen LogP contribution in [0.4, 0.5) is 17.1 Å². The molecule has 0 saturated heterocycles. The summed E-state index contributed by atoms with van der Waals surface area (Å²) in [6, 6.07) is 67.2. The van der Waals surface area contributed by atoms with E-state index in [1.165, 1.54) is 83.1 Å². The number of anilines is 3. The van der Waals surface area contributed by atoms with E-state index < -0.39 is 0 Å². The molecule has 0 spiro atoms. The first-order valence-corrected chi connectivity index (χ1v) is 20.2. The van der Waals surface area contributed by atoms with Crippen molar-refractivity contribution in [2.75, 3.05) is 4.90 Å². The second-order valence-electron chi connectivity index (χ2n) is 16.1. The van der Waals surface area contributed by atoms with Crippen LogP contribution >= 0.6 is 0 Å². The van der Waals surface area contributed by atoms with E-state index in [4.69, 9.17) is 0 Å². The van der Waals surface area contributed by atoms with Crippen molar-refractivity contribution in [3.63, 3.8) is 0 Å². The number of benzene rings is 8. The zero-order valence-corrected chi connectivity index (χ0v) is 32.3. The Labute approximate surface area is 334 Å². The summed E-state index contributed by atoms with van der Waals surface area (Å²) in [6.07, 6.45) is 6.83. The predicted octanol–water partition coefficient (Wildman–Crippen LogP) is 14.9. The highest BCUT2D eigenvalue weighted by molar-refractivity contribution is 6.10. The minimum absolute atomic E-state index is 0.206. The summed E-state index contributed by atoms with van der Waals surface area (Å²) in [5.74, 6) is 0. The van der Waals surface area contributed by atoms with Crippen LogP contribution in [-0.4, -0.2) is 4.57 Å². The number of hydrogen-bond acceptors (Lipinski definition) is 1. The van der Waals surface area contributed by atoms with Gasteiger partial charge in [-0.1, -0.05) is 141 Å². The lowest BCUT2D eigenvalue weighted by Gasteiger charge is -2.28. The average Bonchev–Trinajstić information content (AvgIpc) is 3.72. The zero-order valence-electron chi connectivity index (χ0n) is 32.3. The summed E-state index contributed by atoms with van der Waals surface area (Å²) in [4.78, 5) is 2.40. The lowest BCUT2D eigenvalue weighted by molar-refractivity contribution is 0.660. The van der Waals surface area contributed by atoms with Gasteiger partial charge in [0.05, 0.1) is 11.0 Å². The van der Waals surface area contributed by atoms with Gasteiger partial charge in [0.15, 0.2) is 0 Å². The molecule has 1 aromatic heterocycles. The third-order valence-corrected chi connectivity index (χ3v) is 12.5. The highest BCUT2D eigenvalue weighted by atomic mass is 15.1. The van der Waals surface area contributed by atoms with E-state index in [0.717, 1.165) is 29.9 Å². The van der Waals surface area contributed by atoms with Crippen LogP contribution in [0.1, 0.15) is 42.5 Å². The Morgan fingerprint density at radius 1 is 0.474 bits per heavy atom. The number of aromatic nitrogens is 1. The van der Waals surface area contributed by atoms with Crippen LogP contribution in [0.2, 0.25) is 0 Å². The number of hydrogen-bond donors (Lipinski definition) is 0. The third-order valence-electron chi connectivity index (χ3n) is 12.5. The number of allylic oxidation sites excluding steroid dienone is 1. The summed E-state index contributed by atoms with van der Waals surface area (Å²) in [5.41, 5.74) is 20.0. The fourth-order valence-electron chi connectivity index (χ4n) is 9.59. The van der Waals surface area contributed by atoms with Gasteiger partial charge in [-0.3, -0.25) is 0 Å². The molecule has 2 nitrogen and oxygen atoms in total. The van der Waals surface area contributed by atoms with Crippen molar-refractivity contribution in [3.05, 3.63) is 210 Å². The first-order valence-electron chi connectivity index (χ1n) is 20.2. The Kier molecular flexibility index (Phi) is 7.69. The smallest absolute Gasteiger partial charge is 0.0541 e. The molecule has 2 aliphatic carbocycles. The second-order valence-corrected chi connectivity index (χ2v) is 16.1. The lowest BCUT2D eigenvalue weighted by Crippen LogP contribution is -2.17. The van der Waals surface area contributed by atoms with Crippen molar-refractivity contribution < 1.29 is 0 Å². The van der Waals surface area contributed by atoms with Crippen LogP contribution in [0.15, 0.2) is 188 Å². The molecule has 0 saturated carbocycles. The first kappa shape index (κ1) is 33.4. The van der Waals surface area contributed by atoms with Crippen LogP contribution in [0.5, 0.6) is 0 Å². The molecule has 57 heavy (non-hydrogen) atoms. The SMILES string of the molecule is CC1(C)c2cc(N(c3ccccc3)c3ccc(-c4cccc5c4C=CCC5)cc3)ccc2-c2ccc(-n3c4ccccc4c4cc(-c5ccccc5)ccc43)cc21. The van der Waals surface area contributed by atoms with Crippen LogP contribution < -0.4 is 4.90 Å². The van der Waals surface area contributed by atoms with E-state index in [9.17, 15) is 0 Å². The summed E-state index contributed by atoms with van der Waals surface area (Å²) < 4.78 is 2.45. The molecule has 0 N–H and O–H groups in total. The molecule has 0 radical (unpaired) electrons. The monoisotopic (exact) mass is 730 g/mol. The Morgan fingerprint density at radius 2 is 1.14 bits per heavy atom. The Morgan fingerprint density at radius 3 is 1.96 bits per heavy atom. The topological polar surface area (TPSA) is 8.17 Å². The van der Waals surface area contributed by atoms with Crippen molar-refractivity contribution in [2.45, 2.75) is 32.1 Å². The zero-order chi connectivity index (χ0) is 38.1. The molecule has 2 heteroatoms. The Hall–Kier alpha value is -6.90. The standard InChI is InChI=1S/C55H42N2/c1-55(2)51-35-43(56(41-18-7-4-8-19-41)42-27-24-39(25-28-42)46-22-13-17-38-16-9-10-20-45(38)46)29-31-47(51)48-32-30-44(36-52(48)55)57-53-23-12-11-21-49(53)50-34-40(26-33-54(50)57)37-14-5-3-6-15-37/h3-8,10-15,17-36H,9,16H2,1-2H3. The maximum absolute atomic E-state index is 2.45. The summed E-state index contributed by atoms with van der Waals surface area (Å²) >= 11 is 0. The molecule has 2 aliphatic rings. The summed E-state index contributed by atoms with van der Waals surface area (Å²) in [6.45, 7) is 4.78. The van der Waals surface area contributed by atoms with E-state index in [1.807, 2.05) is 0 Å². The number of para-hydroxylation sites is 2. The highest BCUT2D eigenvalue weighted by Gasteiger charge is 2.36. The maximum Gasteiger partial charge on any atom is 0.0541 e. The van der Waals surface area contributed by atoms with Gasteiger partial charge in [-0.2, -0.15) is 0 Å². The van der Waals surface area contributed by atoms with E-state index >= 15 is 0 Å². The van der Waals surface area contributed by atoms with Crippen molar-refractivity contribution >= 4 is 44.9 Å². The minimum atomic E-state index is -0.206. The first-order chi connectivity index (χ1) is 28.0. The molecule has 0 aliphatic heterocycles. The fourth-order valence-corrected chi connectivity index (χ4v) is 9.59. The van der Waals surface area contributed by atoms with Gasteiger partial charge in [0, 0.05) is 38.9 Å². The van der Waals surface area contributed by atoms with E-state index in [1.54, 1.807) is 0 Å². The van der Waals surface area contributed by atoms with E-state index in [0.29, 0.717) is 0 Å². The maximum atomic E-state index is 2.45. The molecule has 0 unspecified atom stereocenters. The number of nitrogens with zero attached hydrogens (tertiary/aromatic N) is 2. The molecular weight excluding hydrogens is 689 g/mol. The Balaban J connectivity index is 0.991. The van der Waals surface area contributed by atoms with Crippen molar-refractivity contribution in [1.82, 2.24) is 4.57 Å². The van der Waals surface area contributed by atoms with Crippen LogP contribution in [0.3, 0.4) is 0 Å². The van der Waals surface area contributed by atoms with Crippen LogP contribution in [0, 0.1) is 0 Å². The van der Waals surface area contributed by atoms with Gasteiger partial charge in [0.25, 0.3) is 0 Å². The van der Waals surface area contributed by atoms with Crippen LogP contribution in [0.25, 0.3) is 66.9 Å². The molecular formula is C55H42N2. The number of aryl methyl sites for hydroxylation is 1. The van der Waals surface area contributed by atoms with Gasteiger partial charge in [0.2, 0.25) is 0 Å². The molecule has 0 atom stereocenters. The molecule has 9 aromatic rings. The molecule has 11 rings (SSSR count). The summed E-state index contributed by atoms with van der Waals surface area (Å²) in [7, 11) is 0. The lowest BCUT2D eigenvalue weighted by atomic mass is 9.82. The van der Waals surface area contributed by atoms with E-state index in [2.05, 4.69) is 217 Å². The molecule has 8 aromatic carbocycles. The van der Waals surface area contributed by atoms with Crippen molar-refractivity contribution in [2.24, 2.45) is 0 Å². The average molecular weight is 731 g/mol. The largest absolute Gasteiger partial charge is 0.310 e. The van der Waals surface area contributed by atoms with Gasteiger partial charge in [0.1, 0.15) is 0 Å². The molecule has 0 fully saturated rings. The van der Waals surface area contributed by atoms with Crippen molar-refractivity contribution in [3.8, 4) is 39.1 Å². The molecule has 1 heterocycles. The molecule has 272 valence electrons. The second kappa shape index (κ2) is 13.1. The molecule has 0 bridgehead atoms. The normalized spacial score (nSPS) is 13.7. The van der Waals surface area contributed by atoms with E-state index in [-0.39, 0.29) is 5.41 Å². The quantitative estimate of drug-likeness (QED) is 0.165. The fraction of sp³-hybridized carbons (Fsp3) is 0.0909. The van der Waals surface area contributed by atoms with Gasteiger partial charge < -0.3 is 9.47 Å². The molecule has 0 amide bonds. The third kappa shape index (κ3) is 5.39. The number of rotatable bonds is 6. The predicted molar refractivity (Wildman–Crippen MR) is 241 cm³/mol. The highest BCUT2D eigenvalue weighted by Crippen LogP contribution is 2.52. The van der Waals surface area contributed by atoms with Gasteiger partial charge in [-0.05, 0) is 135 Å². The minimum Gasteiger partial charge on any atom is -0.310 e. The van der Waals surface area contributed by atoms with Crippen LogP contribution in [-0.2, 0) is 11.8 Å². The van der Waals surface area contributed by atoms with Crippen molar-refractivity contribution in [1.29, 1.82) is 0 Å². The number of fused-ring (bicyclic) bond motifs is 7. The van der Waals surface area contributed by atoms with Gasteiger partial charge in [-0.25, -0.2) is 0 Å². The van der Waals surface area contributed by atoms with Gasteiger partial charge >= 0.3 is 0 Å². The van der Waals surface area contributed by atoms with Gasteiger partial charge in [-0.15, -0.1) is 0 Å². The summed E-state index contributed by atoms with van der Waals surface area (Å²) in [5, 5.41) is 2.54. The Bertz CT molecular complexity index is 3020.